The van der Waals surface area contributed by atoms with Crippen molar-refractivity contribution in [3.05, 3.63) is 54.1 Å². The van der Waals surface area contributed by atoms with Crippen LogP contribution in [0.4, 0.5) is 0 Å². The summed E-state index contributed by atoms with van der Waals surface area (Å²) in [5.41, 5.74) is 2.48. The van der Waals surface area contributed by atoms with E-state index in [1.54, 1.807) is 43.7 Å². The first-order valence-electron chi connectivity index (χ1n) is 9.66. The lowest BCUT2D eigenvalue weighted by Gasteiger charge is -2.07. The molecule has 30 heavy (non-hydrogen) atoms. The van der Waals surface area contributed by atoms with Gasteiger partial charge in [-0.3, -0.25) is 14.8 Å². The third kappa shape index (κ3) is 6.43. The Morgan fingerprint density at radius 1 is 1.43 bits per heavy atom. The standard InChI is InChI=1S/C21H25N5O2S2/c1-4-15(26-30-18-6-7-18)9-16(22-3)11-24-20(27)21-25-13-19(29-21)14-8-17(28-5-2)12-23-10-14/h4,8-10,12-13,18,26H,1,5-7,11H2,2-3H3,(H,24,27)/b15-9+,22-16?. The Hall–Kier alpha value is -2.65. The van der Waals surface area contributed by atoms with Crippen LogP contribution in [0.15, 0.2) is 54.1 Å². The Kier molecular flexibility index (Phi) is 8.04. The molecule has 2 aromatic heterocycles. The molecule has 0 saturated heterocycles. The van der Waals surface area contributed by atoms with E-state index in [-0.39, 0.29) is 5.91 Å². The molecule has 0 aromatic carbocycles. The van der Waals surface area contributed by atoms with Crippen molar-refractivity contribution < 1.29 is 9.53 Å². The van der Waals surface area contributed by atoms with Crippen LogP contribution in [0.25, 0.3) is 10.4 Å². The molecule has 158 valence electrons. The van der Waals surface area contributed by atoms with E-state index in [0.29, 0.717) is 29.2 Å². The predicted molar refractivity (Wildman–Crippen MR) is 124 cm³/mol. The van der Waals surface area contributed by atoms with E-state index in [0.717, 1.165) is 21.8 Å². The molecule has 2 N–H and O–H groups in total. The number of amides is 1. The van der Waals surface area contributed by atoms with Gasteiger partial charge >= 0.3 is 0 Å². The molecule has 0 spiro atoms. The van der Waals surface area contributed by atoms with Crippen molar-refractivity contribution >= 4 is 34.9 Å². The summed E-state index contributed by atoms with van der Waals surface area (Å²) >= 11 is 3.01. The fraction of sp³-hybridized carbons (Fsp3) is 0.333. The van der Waals surface area contributed by atoms with Crippen LogP contribution in [0.5, 0.6) is 5.75 Å². The van der Waals surface area contributed by atoms with E-state index in [1.807, 2.05) is 19.1 Å². The molecule has 1 saturated carbocycles. The Bertz CT molecular complexity index is 950. The number of aliphatic imine (C=N–C) groups is 1. The number of nitrogens with zero attached hydrogens (tertiary/aromatic N) is 3. The molecule has 1 aliphatic carbocycles. The number of carbonyl (C=O) groups excluding carboxylic acids is 1. The third-order valence-corrected chi connectivity index (χ3v) is 6.34. The lowest BCUT2D eigenvalue weighted by Crippen LogP contribution is -2.29. The summed E-state index contributed by atoms with van der Waals surface area (Å²) in [7, 11) is 1.70. The van der Waals surface area contributed by atoms with Crippen LogP contribution in [0.3, 0.4) is 0 Å². The summed E-state index contributed by atoms with van der Waals surface area (Å²) in [5.74, 6) is 0.451. The van der Waals surface area contributed by atoms with Crippen molar-refractivity contribution in [2.45, 2.75) is 25.0 Å². The topological polar surface area (TPSA) is 88.5 Å². The molecule has 9 heteroatoms. The maximum absolute atomic E-state index is 12.5. The predicted octanol–water partition coefficient (Wildman–Crippen LogP) is 3.87. The maximum Gasteiger partial charge on any atom is 0.280 e. The van der Waals surface area contributed by atoms with Crippen molar-refractivity contribution in [3.8, 4) is 16.2 Å². The molecule has 3 rings (SSSR count). The Labute approximate surface area is 184 Å². The van der Waals surface area contributed by atoms with Gasteiger partial charge in [0.1, 0.15) is 5.75 Å². The molecule has 1 aliphatic rings. The van der Waals surface area contributed by atoms with Gasteiger partial charge in [0, 0.05) is 36.0 Å². The van der Waals surface area contributed by atoms with Gasteiger partial charge in [-0.25, -0.2) is 4.98 Å². The summed E-state index contributed by atoms with van der Waals surface area (Å²) in [6.45, 7) is 6.62. The first-order valence-corrected chi connectivity index (χ1v) is 11.4. The van der Waals surface area contributed by atoms with Crippen LogP contribution < -0.4 is 14.8 Å². The minimum absolute atomic E-state index is 0.241. The van der Waals surface area contributed by atoms with E-state index in [1.165, 1.54) is 24.2 Å². The van der Waals surface area contributed by atoms with Crippen LogP contribution in [0, 0.1) is 0 Å². The van der Waals surface area contributed by atoms with E-state index in [2.05, 4.69) is 31.6 Å². The van der Waals surface area contributed by atoms with Gasteiger partial charge < -0.3 is 14.8 Å². The van der Waals surface area contributed by atoms with Gasteiger partial charge in [0.2, 0.25) is 0 Å². The molecule has 0 aliphatic heterocycles. The second kappa shape index (κ2) is 10.9. The Morgan fingerprint density at radius 2 is 2.27 bits per heavy atom. The number of carbonyl (C=O) groups is 1. The zero-order chi connectivity index (χ0) is 21.3. The van der Waals surface area contributed by atoms with Crippen LogP contribution in [-0.2, 0) is 0 Å². The van der Waals surface area contributed by atoms with Gasteiger partial charge in [-0.1, -0.05) is 6.58 Å². The van der Waals surface area contributed by atoms with E-state index in [9.17, 15) is 4.79 Å². The average Bonchev–Trinajstić information content (AvgIpc) is 3.46. The largest absolute Gasteiger partial charge is 0.492 e. The molecule has 0 radical (unpaired) electrons. The lowest BCUT2D eigenvalue weighted by molar-refractivity contribution is 0.0959. The summed E-state index contributed by atoms with van der Waals surface area (Å²) in [6, 6.07) is 1.89. The fourth-order valence-electron chi connectivity index (χ4n) is 2.40. The number of nitrogens with one attached hydrogen (secondary N) is 2. The highest BCUT2D eigenvalue weighted by molar-refractivity contribution is 7.98. The maximum atomic E-state index is 12.5. The highest BCUT2D eigenvalue weighted by Gasteiger charge is 2.22. The van der Waals surface area contributed by atoms with Gasteiger partial charge in [-0.15, -0.1) is 11.3 Å². The van der Waals surface area contributed by atoms with Crippen molar-refractivity contribution in [1.29, 1.82) is 0 Å². The number of hydrogen-bond donors (Lipinski definition) is 2. The number of pyridine rings is 1. The highest BCUT2D eigenvalue weighted by Crippen LogP contribution is 2.32. The summed E-state index contributed by atoms with van der Waals surface area (Å²) in [6.07, 6.45) is 11.2. The zero-order valence-corrected chi connectivity index (χ0v) is 18.7. The summed E-state index contributed by atoms with van der Waals surface area (Å²) in [4.78, 5) is 26.1. The van der Waals surface area contributed by atoms with Crippen LogP contribution >= 0.6 is 23.3 Å². The number of thiazole rings is 1. The van der Waals surface area contributed by atoms with Crippen LogP contribution in [0.2, 0.25) is 0 Å². The molecular formula is C21H25N5O2S2. The normalized spacial score (nSPS) is 14.3. The Balaban J connectivity index is 1.59. The minimum Gasteiger partial charge on any atom is -0.492 e. The molecule has 0 unspecified atom stereocenters. The molecule has 2 aromatic rings. The smallest absolute Gasteiger partial charge is 0.280 e. The Morgan fingerprint density at radius 3 is 2.97 bits per heavy atom. The number of rotatable bonds is 11. The number of allylic oxidation sites excluding steroid dienone is 1. The molecule has 7 nitrogen and oxygen atoms in total. The first-order chi connectivity index (χ1) is 14.6. The molecular weight excluding hydrogens is 418 g/mol. The minimum atomic E-state index is -0.241. The zero-order valence-electron chi connectivity index (χ0n) is 17.1. The van der Waals surface area contributed by atoms with Gasteiger partial charge in [0.05, 0.1) is 29.9 Å². The van der Waals surface area contributed by atoms with Gasteiger partial charge in [-0.05, 0) is 49.9 Å². The number of ether oxygens (including phenoxy) is 1. The van der Waals surface area contributed by atoms with Crippen molar-refractivity contribution in [1.82, 2.24) is 20.0 Å². The van der Waals surface area contributed by atoms with Gasteiger partial charge in [-0.2, -0.15) is 0 Å². The quantitative estimate of drug-likeness (QED) is 0.311. The van der Waals surface area contributed by atoms with E-state index in [4.69, 9.17) is 4.74 Å². The van der Waals surface area contributed by atoms with Crippen LogP contribution in [0.1, 0.15) is 29.6 Å². The SMILES string of the molecule is C=C/C(=C\C(CNC(=O)c1ncc(-c2cncc(OCC)c2)s1)=NC)NSC1CC1. The van der Waals surface area contributed by atoms with Gasteiger partial charge in [0.15, 0.2) is 5.01 Å². The third-order valence-electron chi connectivity index (χ3n) is 4.14. The van der Waals surface area contributed by atoms with Crippen molar-refractivity contribution in [2.24, 2.45) is 4.99 Å². The molecule has 1 amide bonds. The summed E-state index contributed by atoms with van der Waals surface area (Å²) < 4.78 is 8.77. The molecule has 0 atom stereocenters. The molecule has 0 bridgehead atoms. The monoisotopic (exact) mass is 443 g/mol. The van der Waals surface area contributed by atoms with Crippen LogP contribution in [-0.4, -0.2) is 47.0 Å². The van der Waals surface area contributed by atoms with E-state index >= 15 is 0 Å². The van der Waals surface area contributed by atoms with Crippen molar-refractivity contribution in [3.63, 3.8) is 0 Å². The number of hydrogen-bond acceptors (Lipinski definition) is 8. The fourth-order valence-corrected chi connectivity index (χ4v) is 4.03. The average molecular weight is 444 g/mol. The summed E-state index contributed by atoms with van der Waals surface area (Å²) in [5, 5.41) is 3.94. The van der Waals surface area contributed by atoms with Gasteiger partial charge in [0.25, 0.3) is 5.91 Å². The second-order valence-electron chi connectivity index (χ2n) is 6.49. The molecule has 1 fully saturated rings. The second-order valence-corrected chi connectivity index (χ2v) is 8.63. The highest BCUT2D eigenvalue weighted by atomic mass is 32.2. The molecule has 2 heterocycles. The lowest BCUT2D eigenvalue weighted by atomic mass is 10.2. The van der Waals surface area contributed by atoms with E-state index < -0.39 is 0 Å². The number of aromatic nitrogens is 2. The van der Waals surface area contributed by atoms with Crippen molar-refractivity contribution in [2.75, 3.05) is 20.2 Å². The first kappa shape index (κ1) is 22.0.